The maximum atomic E-state index is 12.3. The number of carbonyl (C=O) groups excluding carboxylic acids is 1. The summed E-state index contributed by atoms with van der Waals surface area (Å²) in [7, 11) is 5.71. The molecule has 1 aliphatic heterocycles. The number of hydrogen-bond donors (Lipinski definition) is 1. The Morgan fingerprint density at radius 1 is 1.47 bits per heavy atom. The van der Waals surface area contributed by atoms with Crippen molar-refractivity contribution in [2.24, 2.45) is 0 Å². The van der Waals surface area contributed by atoms with Crippen molar-refractivity contribution in [2.45, 2.75) is 18.9 Å². The van der Waals surface area contributed by atoms with Gasteiger partial charge in [0, 0.05) is 26.7 Å². The number of nitrogens with one attached hydrogen (secondary N) is 1. The zero-order chi connectivity index (χ0) is 13.8. The average molecular weight is 263 g/mol. The summed E-state index contributed by atoms with van der Waals surface area (Å²) in [6.45, 7) is 2.03. The number of hydrogen-bond acceptors (Lipinski definition) is 5. The van der Waals surface area contributed by atoms with Crippen molar-refractivity contribution in [2.75, 3.05) is 39.5 Å². The Morgan fingerprint density at radius 3 is 2.84 bits per heavy atom. The van der Waals surface area contributed by atoms with Gasteiger partial charge in [-0.1, -0.05) is 0 Å². The van der Waals surface area contributed by atoms with Crippen LogP contribution in [0.15, 0.2) is 12.1 Å². The minimum atomic E-state index is -0.0598. The Labute approximate surface area is 113 Å². The molecule has 1 aromatic rings. The topological polar surface area (TPSA) is 61.4 Å². The Kier molecular flexibility index (Phi) is 4.31. The molecule has 1 aliphatic rings. The van der Waals surface area contributed by atoms with Crippen molar-refractivity contribution in [3.05, 3.63) is 17.8 Å². The van der Waals surface area contributed by atoms with Crippen LogP contribution in [0.1, 0.15) is 23.3 Å². The van der Waals surface area contributed by atoms with Gasteiger partial charge in [-0.15, -0.1) is 10.2 Å². The summed E-state index contributed by atoms with van der Waals surface area (Å²) in [4.78, 5) is 16.4. The molecule has 0 saturated carbocycles. The molecule has 0 aliphatic carbocycles. The Morgan fingerprint density at radius 2 is 2.26 bits per heavy atom. The molecule has 1 unspecified atom stereocenters. The SMILES string of the molecule is CNc1ccc(C(=O)N(C)C2CCCN(C)C2)nn1. The molecular formula is C13H21N5O. The zero-order valence-electron chi connectivity index (χ0n) is 11.8. The third-order valence-corrected chi connectivity index (χ3v) is 3.61. The van der Waals surface area contributed by atoms with E-state index in [4.69, 9.17) is 0 Å². The molecule has 1 aromatic heterocycles. The van der Waals surface area contributed by atoms with Gasteiger partial charge < -0.3 is 15.1 Å². The standard InChI is InChI=1S/C13H21N5O/c1-14-12-7-6-11(15-16-12)13(19)18(3)10-5-4-8-17(2)9-10/h6-7,10H,4-5,8-9H2,1-3H3,(H,14,16). The summed E-state index contributed by atoms with van der Waals surface area (Å²) >= 11 is 0. The van der Waals surface area contributed by atoms with Gasteiger partial charge in [0.2, 0.25) is 0 Å². The maximum absolute atomic E-state index is 12.3. The molecule has 0 aromatic carbocycles. The lowest BCUT2D eigenvalue weighted by Gasteiger charge is -2.35. The highest BCUT2D eigenvalue weighted by Crippen LogP contribution is 2.15. The van der Waals surface area contributed by atoms with Gasteiger partial charge in [0.25, 0.3) is 5.91 Å². The molecule has 1 N–H and O–H groups in total. The van der Waals surface area contributed by atoms with E-state index in [1.54, 1.807) is 24.1 Å². The van der Waals surface area contributed by atoms with Crippen molar-refractivity contribution in [1.29, 1.82) is 0 Å². The number of likely N-dealkylation sites (tertiary alicyclic amines) is 1. The third kappa shape index (κ3) is 3.20. The van der Waals surface area contributed by atoms with Gasteiger partial charge in [-0.3, -0.25) is 4.79 Å². The van der Waals surface area contributed by atoms with Crippen LogP contribution in [0.3, 0.4) is 0 Å². The van der Waals surface area contributed by atoms with Crippen LogP contribution in [0.5, 0.6) is 0 Å². The van der Waals surface area contributed by atoms with Crippen LogP contribution in [0, 0.1) is 0 Å². The second-order valence-corrected chi connectivity index (χ2v) is 5.03. The molecule has 2 heterocycles. The fraction of sp³-hybridized carbons (Fsp3) is 0.615. The first-order valence-corrected chi connectivity index (χ1v) is 6.59. The number of piperidine rings is 1. The number of nitrogens with zero attached hydrogens (tertiary/aromatic N) is 4. The van der Waals surface area contributed by atoms with E-state index in [1.807, 2.05) is 7.05 Å². The van der Waals surface area contributed by atoms with Crippen LogP contribution in [-0.4, -0.2) is 66.2 Å². The minimum absolute atomic E-state index is 0.0598. The van der Waals surface area contributed by atoms with Gasteiger partial charge in [-0.25, -0.2) is 0 Å². The maximum Gasteiger partial charge on any atom is 0.274 e. The Bertz CT molecular complexity index is 433. The van der Waals surface area contributed by atoms with E-state index < -0.39 is 0 Å². The lowest BCUT2D eigenvalue weighted by molar-refractivity contribution is 0.0637. The van der Waals surface area contributed by atoms with Gasteiger partial charge in [-0.2, -0.15) is 0 Å². The summed E-state index contributed by atoms with van der Waals surface area (Å²) < 4.78 is 0. The minimum Gasteiger partial charge on any atom is -0.372 e. The molecule has 104 valence electrons. The smallest absolute Gasteiger partial charge is 0.274 e. The fourth-order valence-corrected chi connectivity index (χ4v) is 2.38. The lowest BCUT2D eigenvalue weighted by atomic mass is 10.0. The predicted molar refractivity (Wildman–Crippen MR) is 74.2 cm³/mol. The van der Waals surface area contributed by atoms with Crippen molar-refractivity contribution < 1.29 is 4.79 Å². The lowest BCUT2D eigenvalue weighted by Crippen LogP contribution is -2.47. The Balaban J connectivity index is 2.05. The van der Waals surface area contributed by atoms with Crippen LogP contribution in [0.4, 0.5) is 5.82 Å². The molecule has 0 radical (unpaired) electrons. The van der Waals surface area contributed by atoms with Crippen molar-refractivity contribution in [3.63, 3.8) is 0 Å². The first-order chi connectivity index (χ1) is 9.11. The molecular weight excluding hydrogens is 242 g/mol. The Hall–Kier alpha value is -1.69. The van der Waals surface area contributed by atoms with E-state index in [2.05, 4.69) is 27.5 Å². The summed E-state index contributed by atoms with van der Waals surface area (Å²) in [5.41, 5.74) is 0.398. The molecule has 6 nitrogen and oxygen atoms in total. The summed E-state index contributed by atoms with van der Waals surface area (Å²) in [6.07, 6.45) is 2.18. The number of aromatic nitrogens is 2. The van der Waals surface area contributed by atoms with Crippen LogP contribution in [0.2, 0.25) is 0 Å². The molecule has 0 bridgehead atoms. The number of likely N-dealkylation sites (N-methyl/N-ethyl adjacent to an activating group) is 2. The molecule has 19 heavy (non-hydrogen) atoms. The highest BCUT2D eigenvalue weighted by atomic mass is 16.2. The van der Waals surface area contributed by atoms with Gasteiger partial charge in [0.15, 0.2) is 5.69 Å². The highest BCUT2D eigenvalue weighted by molar-refractivity contribution is 5.92. The van der Waals surface area contributed by atoms with Gasteiger partial charge in [0.05, 0.1) is 0 Å². The van der Waals surface area contributed by atoms with E-state index in [0.29, 0.717) is 11.5 Å². The average Bonchev–Trinajstić information content (AvgIpc) is 2.46. The normalized spacial score (nSPS) is 20.1. The van der Waals surface area contributed by atoms with Crippen molar-refractivity contribution in [1.82, 2.24) is 20.0 Å². The summed E-state index contributed by atoms with van der Waals surface area (Å²) in [5.74, 6) is 0.604. The van der Waals surface area contributed by atoms with E-state index >= 15 is 0 Å². The van der Waals surface area contributed by atoms with E-state index in [1.165, 1.54) is 0 Å². The molecule has 1 atom stereocenters. The second kappa shape index (κ2) is 5.97. The molecule has 1 fully saturated rings. The fourth-order valence-electron chi connectivity index (χ4n) is 2.38. The first-order valence-electron chi connectivity index (χ1n) is 6.59. The van der Waals surface area contributed by atoms with E-state index in [-0.39, 0.29) is 11.9 Å². The molecule has 1 saturated heterocycles. The molecule has 2 rings (SSSR count). The largest absolute Gasteiger partial charge is 0.372 e. The number of rotatable bonds is 3. The van der Waals surface area contributed by atoms with Crippen LogP contribution in [0.25, 0.3) is 0 Å². The van der Waals surface area contributed by atoms with E-state index in [9.17, 15) is 4.79 Å². The zero-order valence-corrected chi connectivity index (χ0v) is 11.8. The number of carbonyl (C=O) groups is 1. The number of amides is 1. The summed E-state index contributed by atoms with van der Waals surface area (Å²) in [5, 5.41) is 10.8. The van der Waals surface area contributed by atoms with E-state index in [0.717, 1.165) is 25.9 Å². The third-order valence-electron chi connectivity index (χ3n) is 3.61. The monoisotopic (exact) mass is 263 g/mol. The summed E-state index contributed by atoms with van der Waals surface area (Å²) in [6, 6.07) is 3.74. The van der Waals surface area contributed by atoms with Crippen molar-refractivity contribution >= 4 is 11.7 Å². The molecule has 0 spiro atoms. The van der Waals surface area contributed by atoms with Gasteiger partial charge in [-0.05, 0) is 38.6 Å². The predicted octanol–water partition coefficient (Wildman–Crippen LogP) is 0.684. The second-order valence-electron chi connectivity index (χ2n) is 5.03. The van der Waals surface area contributed by atoms with Gasteiger partial charge >= 0.3 is 0 Å². The van der Waals surface area contributed by atoms with Crippen LogP contribution >= 0.6 is 0 Å². The quantitative estimate of drug-likeness (QED) is 0.869. The van der Waals surface area contributed by atoms with Gasteiger partial charge in [0.1, 0.15) is 5.82 Å². The van der Waals surface area contributed by atoms with Crippen LogP contribution < -0.4 is 5.32 Å². The van der Waals surface area contributed by atoms with Crippen LogP contribution in [-0.2, 0) is 0 Å². The van der Waals surface area contributed by atoms with Crippen molar-refractivity contribution in [3.8, 4) is 0 Å². The number of anilines is 1. The molecule has 1 amide bonds. The first kappa shape index (κ1) is 13.7. The molecule has 6 heteroatoms. The highest BCUT2D eigenvalue weighted by Gasteiger charge is 2.25.